The molecular weight excluding hydrogens is 378 g/mol. The van der Waals surface area contributed by atoms with Gasteiger partial charge in [-0.1, -0.05) is 72.8 Å². The molecule has 3 aromatic rings. The van der Waals surface area contributed by atoms with Crippen LogP contribution in [-0.2, 0) is 6.42 Å². The van der Waals surface area contributed by atoms with E-state index in [-0.39, 0.29) is 12.6 Å². The fraction of sp³-hybridized carbons (Fsp3) is 0.269. The second-order valence-corrected chi connectivity index (χ2v) is 7.81. The van der Waals surface area contributed by atoms with Gasteiger partial charge in [-0.2, -0.15) is 0 Å². The van der Waals surface area contributed by atoms with Crippen LogP contribution < -0.4 is 5.32 Å². The first kappa shape index (κ1) is 21.8. The van der Waals surface area contributed by atoms with Crippen LogP contribution in [0.4, 0.5) is 14.5 Å². The van der Waals surface area contributed by atoms with Gasteiger partial charge in [0.2, 0.25) is 0 Å². The van der Waals surface area contributed by atoms with Crippen molar-refractivity contribution >= 4 is 11.4 Å². The van der Waals surface area contributed by atoms with E-state index < -0.39 is 5.92 Å². The maximum atomic E-state index is 13.2. The minimum atomic E-state index is -2.71. The highest BCUT2D eigenvalue weighted by Crippen LogP contribution is 2.26. The summed E-state index contributed by atoms with van der Waals surface area (Å²) in [5, 5.41) is 2.92. The van der Waals surface area contributed by atoms with Gasteiger partial charge in [0.15, 0.2) is 0 Å². The van der Waals surface area contributed by atoms with Gasteiger partial charge in [0.1, 0.15) is 0 Å². The Hall–Kier alpha value is -2.85. The highest BCUT2D eigenvalue weighted by Gasteiger charge is 2.21. The lowest BCUT2D eigenvalue weighted by molar-refractivity contribution is 0.0204. The molecule has 0 bridgehead atoms. The molecular formula is C26H28F2N2. The molecule has 0 saturated heterocycles. The molecule has 0 unspecified atom stereocenters. The number of hydrogen-bond acceptors (Lipinski definition) is 2. The molecule has 0 aliphatic carbocycles. The molecule has 0 aliphatic heterocycles. The van der Waals surface area contributed by atoms with E-state index in [0.717, 1.165) is 40.6 Å². The highest BCUT2D eigenvalue weighted by atomic mass is 19.3. The first-order chi connectivity index (χ1) is 14.3. The van der Waals surface area contributed by atoms with Crippen molar-refractivity contribution in [3.05, 3.63) is 101 Å². The summed E-state index contributed by atoms with van der Waals surface area (Å²) in [6.45, 7) is 4.59. The zero-order valence-electron chi connectivity index (χ0n) is 17.7. The van der Waals surface area contributed by atoms with Gasteiger partial charge < -0.3 is 5.32 Å². The Morgan fingerprint density at radius 2 is 1.47 bits per heavy atom. The van der Waals surface area contributed by atoms with Crippen molar-refractivity contribution in [2.24, 2.45) is 4.99 Å². The van der Waals surface area contributed by atoms with E-state index in [0.29, 0.717) is 6.42 Å². The van der Waals surface area contributed by atoms with E-state index >= 15 is 0 Å². The van der Waals surface area contributed by atoms with E-state index in [4.69, 9.17) is 4.99 Å². The Balaban J connectivity index is 1.92. The van der Waals surface area contributed by atoms with Crippen LogP contribution in [0.2, 0.25) is 0 Å². The third kappa shape index (κ3) is 6.07. The van der Waals surface area contributed by atoms with Crippen molar-refractivity contribution in [1.82, 2.24) is 5.32 Å². The fourth-order valence-electron chi connectivity index (χ4n) is 3.38. The first-order valence-electron chi connectivity index (χ1n) is 10.2. The molecule has 1 N–H and O–H groups in total. The van der Waals surface area contributed by atoms with Crippen molar-refractivity contribution in [3.63, 3.8) is 0 Å². The number of benzene rings is 3. The number of nitrogens with zero attached hydrogens (tertiary/aromatic N) is 1. The van der Waals surface area contributed by atoms with E-state index in [1.807, 2.05) is 68.4 Å². The molecule has 0 amide bonds. The fourth-order valence-corrected chi connectivity index (χ4v) is 3.38. The van der Waals surface area contributed by atoms with Crippen molar-refractivity contribution < 1.29 is 8.78 Å². The largest absolute Gasteiger partial charge is 0.308 e. The third-order valence-corrected chi connectivity index (χ3v) is 5.03. The van der Waals surface area contributed by atoms with Gasteiger partial charge in [-0.15, -0.1) is 0 Å². The molecule has 0 radical (unpaired) electrons. The number of hydrogen-bond donors (Lipinski definition) is 1. The quantitative estimate of drug-likeness (QED) is 0.434. The van der Waals surface area contributed by atoms with Crippen molar-refractivity contribution in [1.29, 1.82) is 0 Å². The Kier molecular flexibility index (Phi) is 7.11. The second-order valence-electron chi connectivity index (χ2n) is 7.81. The maximum Gasteiger partial charge on any atom is 0.257 e. The highest BCUT2D eigenvalue weighted by molar-refractivity contribution is 6.14. The second kappa shape index (κ2) is 9.77. The average molecular weight is 407 g/mol. The molecule has 2 nitrogen and oxygen atoms in total. The van der Waals surface area contributed by atoms with Crippen LogP contribution in [-0.4, -0.2) is 24.2 Å². The number of aliphatic imine (C=N–C) groups is 1. The number of rotatable bonds is 8. The summed E-state index contributed by atoms with van der Waals surface area (Å²) in [7, 11) is 0. The van der Waals surface area contributed by atoms with Gasteiger partial charge in [0.25, 0.3) is 5.92 Å². The van der Waals surface area contributed by atoms with Gasteiger partial charge >= 0.3 is 0 Å². The van der Waals surface area contributed by atoms with Gasteiger partial charge in [-0.3, -0.25) is 0 Å². The van der Waals surface area contributed by atoms with Gasteiger partial charge in [-0.25, -0.2) is 13.8 Å². The molecule has 3 aromatic carbocycles. The van der Waals surface area contributed by atoms with Crippen LogP contribution in [0.1, 0.15) is 36.1 Å². The van der Waals surface area contributed by atoms with Crippen molar-refractivity contribution in [2.75, 3.05) is 6.54 Å². The number of halogens is 2. The van der Waals surface area contributed by atoms with Crippen LogP contribution >= 0.6 is 0 Å². The molecule has 0 heterocycles. The van der Waals surface area contributed by atoms with Gasteiger partial charge in [0, 0.05) is 24.1 Å². The standard InChI is InChI=1S/C26H28F2N2/c1-19(29-18-26(3,27)28)17-23-15-10-16-24(20(23)2)30-25(21-11-6-4-7-12-21)22-13-8-5-9-14-22/h4-16,19,29H,17-18H2,1-3H3/t19-/m1/s1. The molecule has 0 fully saturated rings. The SMILES string of the molecule is Cc1c(C[C@@H](C)NCC(C)(F)F)cccc1N=C(c1ccccc1)c1ccccc1. The molecule has 0 aromatic heterocycles. The maximum absolute atomic E-state index is 13.2. The lowest BCUT2D eigenvalue weighted by atomic mass is 9.99. The lowest BCUT2D eigenvalue weighted by Crippen LogP contribution is -2.37. The Morgan fingerprint density at radius 1 is 0.900 bits per heavy atom. The van der Waals surface area contributed by atoms with Gasteiger partial charge in [0.05, 0.1) is 17.9 Å². The normalized spacial score (nSPS) is 12.4. The van der Waals surface area contributed by atoms with Crippen LogP contribution in [0, 0.1) is 6.92 Å². The topological polar surface area (TPSA) is 24.4 Å². The average Bonchev–Trinajstić information content (AvgIpc) is 2.74. The van der Waals surface area contributed by atoms with E-state index in [2.05, 4.69) is 29.6 Å². The van der Waals surface area contributed by atoms with Crippen LogP contribution in [0.15, 0.2) is 83.9 Å². The summed E-state index contributed by atoms with van der Waals surface area (Å²) < 4.78 is 26.3. The first-order valence-corrected chi connectivity index (χ1v) is 10.2. The predicted octanol–water partition coefficient (Wildman–Crippen LogP) is 6.34. The van der Waals surface area contributed by atoms with Crippen molar-refractivity contribution in [3.8, 4) is 0 Å². The summed E-state index contributed by atoms with van der Waals surface area (Å²) in [4.78, 5) is 5.03. The summed E-state index contributed by atoms with van der Waals surface area (Å²) >= 11 is 0. The summed E-state index contributed by atoms with van der Waals surface area (Å²) in [5.74, 6) is -2.71. The van der Waals surface area contributed by atoms with E-state index in [1.54, 1.807) is 0 Å². The zero-order chi connectivity index (χ0) is 21.6. The van der Waals surface area contributed by atoms with E-state index in [1.165, 1.54) is 0 Å². The third-order valence-electron chi connectivity index (χ3n) is 5.03. The molecule has 30 heavy (non-hydrogen) atoms. The van der Waals surface area contributed by atoms with Crippen LogP contribution in [0.25, 0.3) is 0 Å². The summed E-state index contributed by atoms with van der Waals surface area (Å²) in [5.41, 5.74) is 6.08. The smallest absolute Gasteiger partial charge is 0.257 e. The minimum absolute atomic E-state index is 0.0588. The molecule has 0 saturated carbocycles. The molecule has 1 atom stereocenters. The van der Waals surface area contributed by atoms with Crippen molar-refractivity contribution in [2.45, 2.75) is 39.2 Å². The van der Waals surface area contributed by atoms with Crippen LogP contribution in [0.5, 0.6) is 0 Å². The molecule has 0 spiro atoms. The zero-order valence-corrected chi connectivity index (χ0v) is 17.7. The Labute approximate surface area is 177 Å². The lowest BCUT2D eigenvalue weighted by Gasteiger charge is -2.19. The summed E-state index contributed by atoms with van der Waals surface area (Å²) in [6.07, 6.45) is 0.664. The molecule has 0 aliphatic rings. The minimum Gasteiger partial charge on any atom is -0.308 e. The van der Waals surface area contributed by atoms with Gasteiger partial charge in [-0.05, 0) is 37.5 Å². The monoisotopic (exact) mass is 406 g/mol. The molecule has 156 valence electrons. The predicted molar refractivity (Wildman–Crippen MR) is 121 cm³/mol. The number of alkyl halides is 2. The van der Waals surface area contributed by atoms with E-state index in [9.17, 15) is 8.78 Å². The molecule has 4 heteroatoms. The van der Waals surface area contributed by atoms with Crippen LogP contribution in [0.3, 0.4) is 0 Å². The number of nitrogens with one attached hydrogen (secondary N) is 1. The summed E-state index contributed by atoms with van der Waals surface area (Å²) in [6, 6.07) is 26.2. The molecule has 3 rings (SSSR count). The Morgan fingerprint density at radius 3 is 2.00 bits per heavy atom. The Bertz CT molecular complexity index is 935.